The van der Waals surface area contributed by atoms with Crippen LogP contribution < -0.4 is 9.62 Å². The maximum atomic E-state index is 12.4. The van der Waals surface area contributed by atoms with Gasteiger partial charge >= 0.3 is 0 Å². The molecule has 1 aliphatic rings. The van der Waals surface area contributed by atoms with E-state index in [4.69, 9.17) is 16.3 Å². The number of para-hydroxylation sites is 1. The fourth-order valence-electron chi connectivity index (χ4n) is 3.20. The van der Waals surface area contributed by atoms with Crippen molar-refractivity contribution in [3.05, 3.63) is 64.7 Å². The number of hydrogen-bond acceptors (Lipinski definition) is 5. The van der Waals surface area contributed by atoms with E-state index in [2.05, 4.69) is 10.2 Å². The second-order valence-corrected chi connectivity index (χ2v) is 9.52. The van der Waals surface area contributed by atoms with Gasteiger partial charge in [-0.3, -0.25) is 14.0 Å². The zero-order valence-corrected chi connectivity index (χ0v) is 18.5. The summed E-state index contributed by atoms with van der Waals surface area (Å²) in [4.78, 5) is 14.8. The molecule has 0 aliphatic carbocycles. The number of benzene rings is 2. The molecular weight excluding hydrogens is 426 g/mol. The molecule has 1 fully saturated rings. The van der Waals surface area contributed by atoms with Crippen LogP contribution in [0.2, 0.25) is 5.02 Å². The lowest BCUT2D eigenvalue weighted by Gasteiger charge is -2.26. The lowest BCUT2D eigenvalue weighted by molar-refractivity contribution is -0.119. The molecule has 2 aromatic rings. The molecule has 0 radical (unpaired) electrons. The minimum absolute atomic E-state index is 0.270. The highest BCUT2D eigenvalue weighted by Gasteiger charge is 2.22. The number of carbonyl (C=O) groups is 1. The van der Waals surface area contributed by atoms with Crippen LogP contribution in [0, 0.1) is 0 Å². The summed E-state index contributed by atoms with van der Waals surface area (Å²) >= 11 is 6.12. The second kappa shape index (κ2) is 10.3. The van der Waals surface area contributed by atoms with E-state index in [1.807, 2.05) is 24.3 Å². The Bertz CT molecular complexity index is 960. The van der Waals surface area contributed by atoms with Crippen LogP contribution in [0.25, 0.3) is 0 Å². The maximum absolute atomic E-state index is 12.4. The number of amides is 1. The van der Waals surface area contributed by atoms with E-state index in [1.165, 1.54) is 5.56 Å². The van der Waals surface area contributed by atoms with E-state index >= 15 is 0 Å². The minimum Gasteiger partial charge on any atom is -0.379 e. The lowest BCUT2D eigenvalue weighted by atomic mass is 10.1. The van der Waals surface area contributed by atoms with Crippen molar-refractivity contribution in [3.8, 4) is 0 Å². The Morgan fingerprint density at radius 2 is 1.73 bits per heavy atom. The number of ether oxygens (including phenoxy) is 1. The average molecular weight is 452 g/mol. The number of nitrogens with one attached hydrogen (secondary N) is 1. The molecule has 9 heteroatoms. The molecule has 7 nitrogen and oxygen atoms in total. The van der Waals surface area contributed by atoms with Crippen molar-refractivity contribution in [3.63, 3.8) is 0 Å². The Kier molecular flexibility index (Phi) is 7.71. The quantitative estimate of drug-likeness (QED) is 0.666. The third kappa shape index (κ3) is 6.43. The van der Waals surface area contributed by atoms with Gasteiger partial charge in [-0.15, -0.1) is 0 Å². The predicted molar refractivity (Wildman–Crippen MR) is 118 cm³/mol. The van der Waals surface area contributed by atoms with Gasteiger partial charge in [-0.25, -0.2) is 8.42 Å². The van der Waals surface area contributed by atoms with Gasteiger partial charge in [0.25, 0.3) is 0 Å². The highest BCUT2D eigenvalue weighted by molar-refractivity contribution is 7.92. The number of rotatable bonds is 8. The van der Waals surface area contributed by atoms with E-state index in [-0.39, 0.29) is 17.3 Å². The van der Waals surface area contributed by atoms with Crippen LogP contribution in [0.5, 0.6) is 0 Å². The third-order valence-electron chi connectivity index (χ3n) is 4.83. The Morgan fingerprint density at radius 1 is 1.10 bits per heavy atom. The molecule has 2 aromatic carbocycles. The molecule has 30 heavy (non-hydrogen) atoms. The van der Waals surface area contributed by atoms with Crippen LogP contribution in [0.1, 0.15) is 11.1 Å². The molecule has 0 spiro atoms. The summed E-state index contributed by atoms with van der Waals surface area (Å²) in [5.74, 6) is -0.405. The first-order valence-electron chi connectivity index (χ1n) is 9.70. The number of sulfonamides is 1. The van der Waals surface area contributed by atoms with Gasteiger partial charge in [-0.2, -0.15) is 0 Å². The highest BCUT2D eigenvalue weighted by Crippen LogP contribution is 2.26. The molecule has 1 N–H and O–H groups in total. The van der Waals surface area contributed by atoms with E-state index in [9.17, 15) is 13.2 Å². The van der Waals surface area contributed by atoms with Gasteiger partial charge in [0.05, 0.1) is 30.2 Å². The normalized spacial score (nSPS) is 15.0. The molecule has 0 atom stereocenters. The number of carbonyl (C=O) groups excluding carboxylic acids is 1. The first-order chi connectivity index (χ1) is 14.3. The maximum Gasteiger partial charge on any atom is 0.241 e. The smallest absolute Gasteiger partial charge is 0.241 e. The van der Waals surface area contributed by atoms with Crippen LogP contribution in [-0.4, -0.2) is 58.3 Å². The van der Waals surface area contributed by atoms with Gasteiger partial charge in [0.1, 0.15) is 6.54 Å². The first kappa shape index (κ1) is 22.6. The zero-order chi connectivity index (χ0) is 21.6. The number of morpholine rings is 1. The van der Waals surface area contributed by atoms with Crippen LogP contribution in [0.4, 0.5) is 5.69 Å². The molecule has 1 amide bonds. The summed E-state index contributed by atoms with van der Waals surface area (Å²) in [6.45, 7) is 4.25. The van der Waals surface area contributed by atoms with Crippen molar-refractivity contribution in [1.29, 1.82) is 0 Å². The van der Waals surface area contributed by atoms with E-state index in [0.717, 1.165) is 49.0 Å². The van der Waals surface area contributed by atoms with Crippen molar-refractivity contribution in [2.75, 3.05) is 43.4 Å². The number of nitrogens with zero attached hydrogens (tertiary/aromatic N) is 2. The van der Waals surface area contributed by atoms with Crippen LogP contribution in [0.3, 0.4) is 0 Å². The minimum atomic E-state index is -3.66. The number of halogens is 1. The Morgan fingerprint density at radius 3 is 2.37 bits per heavy atom. The second-order valence-electron chi connectivity index (χ2n) is 7.20. The highest BCUT2D eigenvalue weighted by atomic mass is 35.5. The molecule has 0 saturated carbocycles. The van der Waals surface area contributed by atoms with E-state index in [1.54, 1.807) is 24.3 Å². The summed E-state index contributed by atoms with van der Waals surface area (Å²) in [6, 6.07) is 14.6. The van der Waals surface area contributed by atoms with Crippen molar-refractivity contribution in [1.82, 2.24) is 10.2 Å². The molecule has 1 saturated heterocycles. The van der Waals surface area contributed by atoms with Crippen molar-refractivity contribution < 1.29 is 17.9 Å². The van der Waals surface area contributed by atoms with Gasteiger partial charge < -0.3 is 10.1 Å². The Hall–Kier alpha value is -2.13. The number of anilines is 1. The fraction of sp³-hybridized carbons (Fsp3) is 0.381. The number of hydrogen-bond donors (Lipinski definition) is 1. The van der Waals surface area contributed by atoms with Crippen molar-refractivity contribution in [2.24, 2.45) is 0 Å². The summed E-state index contributed by atoms with van der Waals surface area (Å²) in [7, 11) is -3.66. The van der Waals surface area contributed by atoms with Gasteiger partial charge in [0, 0.05) is 26.2 Å². The summed E-state index contributed by atoms with van der Waals surface area (Å²) in [6.07, 6.45) is 1.05. The third-order valence-corrected chi connectivity index (χ3v) is 6.28. The molecule has 0 aromatic heterocycles. The molecule has 0 unspecified atom stereocenters. The van der Waals surface area contributed by atoms with Crippen LogP contribution >= 0.6 is 11.6 Å². The van der Waals surface area contributed by atoms with Crippen molar-refractivity contribution in [2.45, 2.75) is 13.1 Å². The summed E-state index contributed by atoms with van der Waals surface area (Å²) in [5.41, 5.74) is 2.43. The molecule has 0 bridgehead atoms. The average Bonchev–Trinajstić information content (AvgIpc) is 2.72. The molecule has 1 aliphatic heterocycles. The SMILES string of the molecule is CS(=O)(=O)N(CC(=O)NCc1ccc(CN2CCOCC2)cc1)c1ccccc1Cl. The molecule has 1 heterocycles. The Labute approximate surface area is 182 Å². The van der Waals surface area contributed by atoms with Gasteiger partial charge in [0.15, 0.2) is 0 Å². The Balaban J connectivity index is 1.56. The van der Waals surface area contributed by atoms with E-state index < -0.39 is 15.9 Å². The first-order valence-corrected chi connectivity index (χ1v) is 11.9. The zero-order valence-electron chi connectivity index (χ0n) is 16.9. The van der Waals surface area contributed by atoms with Crippen LogP contribution in [-0.2, 0) is 32.6 Å². The predicted octanol–water partition coefficient (Wildman–Crippen LogP) is 2.25. The molecular formula is C21H26ClN3O4S. The van der Waals surface area contributed by atoms with Gasteiger partial charge in [0.2, 0.25) is 15.9 Å². The molecule has 3 rings (SSSR count). The monoisotopic (exact) mass is 451 g/mol. The largest absolute Gasteiger partial charge is 0.379 e. The summed E-state index contributed by atoms with van der Waals surface area (Å²) < 4.78 is 30.7. The van der Waals surface area contributed by atoms with Gasteiger partial charge in [-0.05, 0) is 23.3 Å². The van der Waals surface area contributed by atoms with Gasteiger partial charge in [-0.1, -0.05) is 48.0 Å². The topological polar surface area (TPSA) is 79.0 Å². The van der Waals surface area contributed by atoms with E-state index in [0.29, 0.717) is 6.54 Å². The lowest BCUT2D eigenvalue weighted by Crippen LogP contribution is -2.40. The fourth-order valence-corrected chi connectivity index (χ4v) is 4.36. The van der Waals surface area contributed by atoms with Crippen LogP contribution in [0.15, 0.2) is 48.5 Å². The standard InChI is InChI=1S/C21H26ClN3O4S/c1-30(27,28)25(20-5-3-2-4-19(20)22)16-21(26)23-14-17-6-8-18(9-7-17)15-24-10-12-29-13-11-24/h2-9H,10-16H2,1H3,(H,23,26). The van der Waals surface area contributed by atoms with Crippen molar-refractivity contribution >= 4 is 33.2 Å². The molecule has 162 valence electrons. The summed E-state index contributed by atoms with van der Waals surface area (Å²) in [5, 5.41) is 3.05.